The van der Waals surface area contributed by atoms with Gasteiger partial charge in [0.05, 0.1) is 11.2 Å². The molecule has 0 aliphatic carbocycles. The minimum absolute atomic E-state index is 0.457. The van der Waals surface area contributed by atoms with Crippen LogP contribution in [0.2, 0.25) is 0 Å². The molecule has 0 unspecified atom stereocenters. The second-order valence-electron chi connectivity index (χ2n) is 6.95. The van der Waals surface area contributed by atoms with Crippen LogP contribution < -0.4 is 0 Å². The van der Waals surface area contributed by atoms with Gasteiger partial charge in [-0.15, -0.1) is 0 Å². The van der Waals surface area contributed by atoms with Crippen LogP contribution in [-0.2, 0) is 0 Å². The van der Waals surface area contributed by atoms with Crippen LogP contribution in [0.4, 0.5) is 0 Å². The van der Waals surface area contributed by atoms with E-state index in [1.54, 1.807) is 0 Å². The molecule has 0 bridgehead atoms. The molecule has 3 heterocycles. The molecule has 0 N–H and O–H groups in total. The molecule has 26 heavy (non-hydrogen) atoms. The van der Waals surface area contributed by atoms with Crippen molar-refractivity contribution in [3.05, 3.63) is 72.4 Å². The minimum Gasteiger partial charge on any atom is -0.437 e. The first-order valence-corrected chi connectivity index (χ1v) is 8.88. The highest BCUT2D eigenvalue weighted by atomic mass is 16.3. The van der Waals surface area contributed by atoms with Crippen molar-refractivity contribution in [2.24, 2.45) is 0 Å². The Morgan fingerprint density at radius 2 is 1.77 bits per heavy atom. The average Bonchev–Trinajstić information content (AvgIpc) is 3.03. The first kappa shape index (κ1) is 15.1. The van der Waals surface area contributed by atoms with E-state index in [-0.39, 0.29) is 0 Å². The molecule has 0 fully saturated rings. The standard InChI is InChI=1S/C23H18N2O/c1-14(2)15-10-11-24-21(13-15)18-8-5-7-17-19-12-16-6-3-4-9-20(16)25-23(19)26-22(17)18/h3-14H,1-2H3. The van der Waals surface area contributed by atoms with Crippen molar-refractivity contribution in [1.29, 1.82) is 0 Å². The zero-order valence-electron chi connectivity index (χ0n) is 14.7. The molecule has 0 radical (unpaired) electrons. The van der Waals surface area contributed by atoms with Crippen LogP contribution in [0.3, 0.4) is 0 Å². The Bertz CT molecular complexity index is 1270. The summed E-state index contributed by atoms with van der Waals surface area (Å²) in [5.41, 5.74) is 5.68. The molecule has 0 spiro atoms. The van der Waals surface area contributed by atoms with E-state index in [4.69, 9.17) is 9.40 Å². The molecule has 0 amide bonds. The van der Waals surface area contributed by atoms with Crippen molar-refractivity contribution < 1.29 is 4.42 Å². The van der Waals surface area contributed by atoms with Crippen molar-refractivity contribution in [2.45, 2.75) is 19.8 Å². The van der Waals surface area contributed by atoms with Gasteiger partial charge in [0, 0.05) is 27.9 Å². The number of benzene rings is 2. The van der Waals surface area contributed by atoms with Crippen LogP contribution in [0.25, 0.3) is 44.2 Å². The van der Waals surface area contributed by atoms with E-state index in [1.807, 2.05) is 24.4 Å². The van der Waals surface area contributed by atoms with Crippen LogP contribution in [0.5, 0.6) is 0 Å². The van der Waals surface area contributed by atoms with Gasteiger partial charge in [0.2, 0.25) is 5.71 Å². The van der Waals surface area contributed by atoms with Crippen LogP contribution in [0, 0.1) is 0 Å². The summed E-state index contributed by atoms with van der Waals surface area (Å²) in [4.78, 5) is 9.30. The van der Waals surface area contributed by atoms with Gasteiger partial charge in [-0.2, -0.15) is 0 Å². The second kappa shape index (κ2) is 5.67. The maximum Gasteiger partial charge on any atom is 0.227 e. The summed E-state index contributed by atoms with van der Waals surface area (Å²) in [6.07, 6.45) is 1.87. The normalized spacial score (nSPS) is 11.8. The Hall–Kier alpha value is -3.20. The monoisotopic (exact) mass is 338 g/mol. The molecule has 3 aromatic heterocycles. The zero-order chi connectivity index (χ0) is 17.7. The molecule has 3 nitrogen and oxygen atoms in total. The summed E-state index contributed by atoms with van der Waals surface area (Å²) < 4.78 is 6.20. The summed E-state index contributed by atoms with van der Waals surface area (Å²) in [6.45, 7) is 4.38. The minimum atomic E-state index is 0.457. The number of furan rings is 1. The maximum absolute atomic E-state index is 6.20. The van der Waals surface area contributed by atoms with E-state index in [2.05, 4.69) is 61.3 Å². The van der Waals surface area contributed by atoms with Crippen LogP contribution >= 0.6 is 0 Å². The van der Waals surface area contributed by atoms with Crippen LogP contribution in [0.15, 0.2) is 71.3 Å². The highest BCUT2D eigenvalue weighted by Gasteiger charge is 2.15. The molecule has 0 atom stereocenters. The SMILES string of the molecule is CC(C)c1ccnc(-c2cccc3c2oc2nc4ccccc4cc23)c1. The number of pyridine rings is 2. The number of rotatable bonds is 2. The van der Waals surface area contributed by atoms with Crippen molar-refractivity contribution >= 4 is 33.0 Å². The van der Waals surface area contributed by atoms with Gasteiger partial charge in [-0.05, 0) is 41.8 Å². The highest BCUT2D eigenvalue weighted by Crippen LogP contribution is 2.36. The first-order chi connectivity index (χ1) is 12.7. The van der Waals surface area contributed by atoms with E-state index in [1.165, 1.54) is 5.56 Å². The molecule has 0 saturated heterocycles. The summed E-state index contributed by atoms with van der Waals surface area (Å²) >= 11 is 0. The van der Waals surface area contributed by atoms with Gasteiger partial charge in [-0.1, -0.05) is 44.2 Å². The van der Waals surface area contributed by atoms with Gasteiger partial charge in [0.15, 0.2) is 0 Å². The Labute approximate surface area is 151 Å². The van der Waals surface area contributed by atoms with Crippen molar-refractivity contribution in [2.75, 3.05) is 0 Å². The van der Waals surface area contributed by atoms with Crippen LogP contribution in [-0.4, -0.2) is 9.97 Å². The van der Waals surface area contributed by atoms with E-state index in [0.717, 1.165) is 38.5 Å². The van der Waals surface area contributed by atoms with E-state index in [0.29, 0.717) is 11.6 Å². The van der Waals surface area contributed by atoms with E-state index >= 15 is 0 Å². The van der Waals surface area contributed by atoms with Gasteiger partial charge in [0.1, 0.15) is 5.58 Å². The van der Waals surface area contributed by atoms with Gasteiger partial charge in [0.25, 0.3) is 0 Å². The molecule has 0 aliphatic heterocycles. The summed E-state index contributed by atoms with van der Waals surface area (Å²) in [5.74, 6) is 0.457. The molecule has 5 rings (SSSR count). The first-order valence-electron chi connectivity index (χ1n) is 8.88. The lowest BCUT2D eigenvalue weighted by Crippen LogP contribution is -1.90. The number of nitrogens with zero attached hydrogens (tertiary/aromatic N) is 2. The van der Waals surface area contributed by atoms with Gasteiger partial charge in [-0.25, -0.2) is 4.98 Å². The summed E-state index contributed by atoms with van der Waals surface area (Å²) in [5, 5.41) is 3.24. The fourth-order valence-corrected chi connectivity index (χ4v) is 3.48. The third-order valence-corrected chi connectivity index (χ3v) is 4.92. The molecule has 2 aromatic carbocycles. The largest absolute Gasteiger partial charge is 0.437 e. The van der Waals surface area contributed by atoms with Crippen molar-refractivity contribution in [3.8, 4) is 11.3 Å². The second-order valence-corrected chi connectivity index (χ2v) is 6.95. The third kappa shape index (κ3) is 2.28. The lowest BCUT2D eigenvalue weighted by molar-refractivity contribution is 0.657. The van der Waals surface area contributed by atoms with Gasteiger partial charge >= 0.3 is 0 Å². The van der Waals surface area contributed by atoms with E-state index in [9.17, 15) is 0 Å². The quantitative estimate of drug-likeness (QED) is 0.378. The smallest absolute Gasteiger partial charge is 0.227 e. The number of hydrogen-bond donors (Lipinski definition) is 0. The van der Waals surface area contributed by atoms with Crippen LogP contribution in [0.1, 0.15) is 25.3 Å². The maximum atomic E-state index is 6.20. The predicted octanol–water partition coefficient (Wildman–Crippen LogP) is 6.32. The Kier molecular flexibility index (Phi) is 3.29. The lowest BCUT2D eigenvalue weighted by Gasteiger charge is -2.07. The topological polar surface area (TPSA) is 38.9 Å². The molecule has 3 heteroatoms. The number of fused-ring (bicyclic) bond motifs is 4. The fraction of sp³-hybridized carbons (Fsp3) is 0.130. The summed E-state index contributed by atoms with van der Waals surface area (Å²) in [6, 6.07) is 20.7. The van der Waals surface area contributed by atoms with Crippen molar-refractivity contribution in [3.63, 3.8) is 0 Å². The highest BCUT2D eigenvalue weighted by molar-refractivity contribution is 6.10. The molecule has 0 saturated carbocycles. The molecule has 0 aliphatic rings. The Morgan fingerprint density at radius 1 is 0.885 bits per heavy atom. The average molecular weight is 338 g/mol. The molecular weight excluding hydrogens is 320 g/mol. The Balaban J connectivity index is 1.81. The van der Waals surface area contributed by atoms with Crippen molar-refractivity contribution in [1.82, 2.24) is 9.97 Å². The predicted molar refractivity (Wildman–Crippen MR) is 106 cm³/mol. The number of para-hydroxylation sites is 2. The lowest BCUT2D eigenvalue weighted by atomic mass is 10.0. The van der Waals surface area contributed by atoms with Gasteiger partial charge in [-0.3, -0.25) is 4.98 Å². The van der Waals surface area contributed by atoms with E-state index < -0.39 is 0 Å². The molecule has 126 valence electrons. The zero-order valence-corrected chi connectivity index (χ0v) is 14.7. The molecule has 5 aromatic rings. The Morgan fingerprint density at radius 3 is 2.65 bits per heavy atom. The molecular formula is C23H18N2O. The summed E-state index contributed by atoms with van der Waals surface area (Å²) in [7, 11) is 0. The number of hydrogen-bond acceptors (Lipinski definition) is 3. The van der Waals surface area contributed by atoms with Gasteiger partial charge < -0.3 is 4.42 Å². The fourth-order valence-electron chi connectivity index (χ4n) is 3.48. The number of aromatic nitrogens is 2. The third-order valence-electron chi connectivity index (χ3n) is 4.92.